The number of carbonyl (C=O) groups excluding carboxylic acids is 2. The lowest BCUT2D eigenvalue weighted by Gasteiger charge is -2.03. The molecule has 0 saturated heterocycles. The minimum Gasteiger partial charge on any atom is -0.750 e. The van der Waals surface area contributed by atoms with Crippen LogP contribution in [0.3, 0.4) is 0 Å². The van der Waals surface area contributed by atoms with E-state index in [2.05, 4.69) is 4.18 Å². The zero-order chi connectivity index (χ0) is 9.56. The summed E-state index contributed by atoms with van der Waals surface area (Å²) in [5.41, 5.74) is 4.91. The first kappa shape index (κ1) is 11.4. The SMILES string of the molecule is NCC(=O)CC(=O)COS(=O)[O-]. The maximum Gasteiger partial charge on any atom is 0.167 e. The Kier molecular flexibility index (Phi) is 5.64. The van der Waals surface area contributed by atoms with Crippen LogP contribution in [0, 0.1) is 0 Å². The Labute approximate surface area is 71.6 Å². The molecule has 0 radical (unpaired) electrons. The van der Waals surface area contributed by atoms with Gasteiger partial charge in [-0.05, 0) is 0 Å². The van der Waals surface area contributed by atoms with Crippen LogP contribution < -0.4 is 5.73 Å². The van der Waals surface area contributed by atoms with E-state index in [-0.39, 0.29) is 13.0 Å². The van der Waals surface area contributed by atoms with E-state index in [0.29, 0.717) is 0 Å². The normalized spacial score (nSPS) is 12.5. The summed E-state index contributed by atoms with van der Waals surface area (Å²) in [6.07, 6.45) is -0.381. The van der Waals surface area contributed by atoms with Gasteiger partial charge in [0.05, 0.1) is 24.3 Å². The van der Waals surface area contributed by atoms with Gasteiger partial charge < -0.3 is 10.3 Å². The van der Waals surface area contributed by atoms with E-state index in [1.807, 2.05) is 0 Å². The van der Waals surface area contributed by atoms with Crippen molar-refractivity contribution in [1.29, 1.82) is 0 Å². The van der Waals surface area contributed by atoms with Gasteiger partial charge in [-0.25, -0.2) is 4.21 Å². The lowest BCUT2D eigenvalue weighted by molar-refractivity contribution is -0.127. The number of hydrogen-bond donors (Lipinski definition) is 1. The van der Waals surface area contributed by atoms with Crippen molar-refractivity contribution >= 4 is 22.9 Å². The van der Waals surface area contributed by atoms with E-state index in [1.54, 1.807) is 0 Å². The number of rotatable bonds is 6. The lowest BCUT2D eigenvalue weighted by atomic mass is 10.2. The summed E-state index contributed by atoms with van der Waals surface area (Å²) in [6.45, 7) is -0.839. The van der Waals surface area contributed by atoms with Crippen LogP contribution in [0.2, 0.25) is 0 Å². The zero-order valence-electron chi connectivity index (χ0n) is 6.15. The minimum atomic E-state index is -2.72. The van der Waals surface area contributed by atoms with E-state index in [4.69, 9.17) is 5.73 Å². The first-order valence-corrected chi connectivity index (χ1v) is 4.02. The molecule has 0 fully saturated rings. The van der Waals surface area contributed by atoms with Crippen molar-refractivity contribution in [2.24, 2.45) is 5.73 Å². The molecule has 0 heterocycles. The van der Waals surface area contributed by atoms with Crippen molar-refractivity contribution in [2.75, 3.05) is 13.2 Å². The summed E-state index contributed by atoms with van der Waals surface area (Å²) < 4.78 is 23.5. The second-order valence-corrected chi connectivity index (χ2v) is 2.57. The average Bonchev–Trinajstić information content (AvgIpc) is 2.00. The van der Waals surface area contributed by atoms with Crippen LogP contribution in [0.4, 0.5) is 0 Å². The molecule has 1 unspecified atom stereocenters. The molecule has 0 aliphatic heterocycles. The second-order valence-electron chi connectivity index (χ2n) is 1.92. The van der Waals surface area contributed by atoms with Gasteiger partial charge in [0.15, 0.2) is 11.6 Å². The van der Waals surface area contributed by atoms with E-state index >= 15 is 0 Å². The lowest BCUT2D eigenvalue weighted by Crippen LogP contribution is -2.20. The molecule has 6 nitrogen and oxygen atoms in total. The largest absolute Gasteiger partial charge is 0.750 e. The molecule has 1 atom stereocenters. The summed E-state index contributed by atoms with van der Waals surface area (Å²) >= 11 is -2.72. The standard InChI is InChI=1S/C5H9NO5S/c6-2-4(7)1-5(8)3-11-12(9)10/h1-3,6H2,(H,9,10)/p-1. The van der Waals surface area contributed by atoms with Crippen LogP contribution in [-0.2, 0) is 25.1 Å². The molecular weight excluding hydrogens is 186 g/mol. The molecule has 0 saturated carbocycles. The minimum absolute atomic E-state index is 0.230. The number of ketones is 2. The highest BCUT2D eigenvalue weighted by atomic mass is 32.2. The monoisotopic (exact) mass is 194 g/mol. The van der Waals surface area contributed by atoms with E-state index in [0.717, 1.165) is 0 Å². The highest BCUT2D eigenvalue weighted by Crippen LogP contribution is 1.87. The van der Waals surface area contributed by atoms with Gasteiger partial charge in [-0.2, -0.15) is 0 Å². The van der Waals surface area contributed by atoms with Crippen LogP contribution in [0.1, 0.15) is 6.42 Å². The molecular formula is C5H8NO5S-. The molecule has 2 N–H and O–H groups in total. The Balaban J connectivity index is 3.60. The van der Waals surface area contributed by atoms with Gasteiger partial charge in [-0.1, -0.05) is 0 Å². The highest BCUT2D eigenvalue weighted by Gasteiger charge is 2.07. The van der Waals surface area contributed by atoms with E-state index < -0.39 is 29.5 Å². The number of hydrogen-bond acceptors (Lipinski definition) is 6. The van der Waals surface area contributed by atoms with Crippen molar-refractivity contribution in [3.8, 4) is 0 Å². The van der Waals surface area contributed by atoms with Gasteiger partial charge in [0.2, 0.25) is 0 Å². The maximum absolute atomic E-state index is 10.6. The summed E-state index contributed by atoms with van der Waals surface area (Å²) in [5, 5.41) is 0. The topological polar surface area (TPSA) is 110 Å². The molecule has 0 bridgehead atoms. The van der Waals surface area contributed by atoms with Gasteiger partial charge in [-0.15, -0.1) is 0 Å². The van der Waals surface area contributed by atoms with E-state index in [9.17, 15) is 18.4 Å². The fourth-order valence-corrected chi connectivity index (χ4v) is 0.685. The molecule has 0 aromatic carbocycles. The van der Waals surface area contributed by atoms with Crippen molar-refractivity contribution in [2.45, 2.75) is 6.42 Å². The van der Waals surface area contributed by atoms with Crippen LogP contribution in [-0.4, -0.2) is 33.5 Å². The molecule has 0 aliphatic carbocycles. The van der Waals surface area contributed by atoms with Crippen LogP contribution in [0.5, 0.6) is 0 Å². The molecule has 12 heavy (non-hydrogen) atoms. The average molecular weight is 194 g/mol. The van der Waals surface area contributed by atoms with Crippen molar-refractivity contribution < 1.29 is 22.5 Å². The Morgan fingerprint density at radius 1 is 1.42 bits per heavy atom. The van der Waals surface area contributed by atoms with E-state index in [1.165, 1.54) is 0 Å². The molecule has 0 amide bonds. The summed E-state index contributed by atoms with van der Waals surface area (Å²) in [4.78, 5) is 21.2. The van der Waals surface area contributed by atoms with Gasteiger partial charge in [0, 0.05) is 0 Å². The van der Waals surface area contributed by atoms with Crippen LogP contribution in [0.25, 0.3) is 0 Å². The third-order valence-corrected chi connectivity index (χ3v) is 1.25. The maximum atomic E-state index is 10.6. The number of nitrogens with two attached hydrogens (primary N) is 1. The number of carbonyl (C=O) groups is 2. The molecule has 0 rings (SSSR count). The fraction of sp³-hybridized carbons (Fsp3) is 0.600. The summed E-state index contributed by atoms with van der Waals surface area (Å²) in [6, 6.07) is 0. The first-order chi connectivity index (χ1) is 5.56. The third-order valence-electron chi connectivity index (χ3n) is 0.938. The summed E-state index contributed by atoms with van der Waals surface area (Å²) in [7, 11) is 0. The Morgan fingerprint density at radius 3 is 2.42 bits per heavy atom. The molecule has 0 spiro atoms. The number of Topliss-reactive ketones (excluding diaryl/α,β-unsaturated/α-hetero) is 2. The van der Waals surface area contributed by atoms with Crippen LogP contribution in [0.15, 0.2) is 0 Å². The van der Waals surface area contributed by atoms with Crippen molar-refractivity contribution in [1.82, 2.24) is 0 Å². The molecule has 70 valence electrons. The molecule has 0 aliphatic rings. The van der Waals surface area contributed by atoms with Crippen molar-refractivity contribution in [3.05, 3.63) is 0 Å². The van der Waals surface area contributed by atoms with Crippen LogP contribution >= 0.6 is 0 Å². The van der Waals surface area contributed by atoms with Gasteiger partial charge in [0.25, 0.3) is 0 Å². The van der Waals surface area contributed by atoms with Gasteiger partial charge >= 0.3 is 0 Å². The van der Waals surface area contributed by atoms with Gasteiger partial charge in [0.1, 0.15) is 6.61 Å². The van der Waals surface area contributed by atoms with Crippen molar-refractivity contribution in [3.63, 3.8) is 0 Å². The quantitative estimate of drug-likeness (QED) is 0.398. The predicted molar refractivity (Wildman–Crippen MR) is 38.6 cm³/mol. The second kappa shape index (κ2) is 5.95. The Morgan fingerprint density at radius 2 is 2.00 bits per heavy atom. The Hall–Kier alpha value is -0.630. The highest BCUT2D eigenvalue weighted by molar-refractivity contribution is 7.74. The molecule has 0 aromatic heterocycles. The molecule has 0 aromatic rings. The third kappa shape index (κ3) is 6.10. The zero-order valence-corrected chi connectivity index (χ0v) is 6.96. The Bertz CT molecular complexity index is 204. The summed E-state index contributed by atoms with van der Waals surface area (Å²) in [5.74, 6) is -1.05. The fourth-order valence-electron chi connectivity index (χ4n) is 0.457. The smallest absolute Gasteiger partial charge is 0.167 e. The predicted octanol–water partition coefficient (Wildman–Crippen LogP) is -1.72. The van der Waals surface area contributed by atoms with Gasteiger partial charge in [-0.3, -0.25) is 13.8 Å². The molecule has 7 heteroatoms. The first-order valence-electron chi connectivity index (χ1n) is 3.02.